The van der Waals surface area contributed by atoms with E-state index in [0.29, 0.717) is 29.0 Å². The largest absolute Gasteiger partial charge is 0.349 e. The van der Waals surface area contributed by atoms with Crippen LogP contribution in [-0.2, 0) is 0 Å². The molecule has 0 radical (unpaired) electrons. The van der Waals surface area contributed by atoms with Gasteiger partial charge in [-0.05, 0) is 55.2 Å². The highest BCUT2D eigenvalue weighted by Gasteiger charge is 2.54. The van der Waals surface area contributed by atoms with Crippen LogP contribution in [0.25, 0.3) is 20.5 Å². The fraction of sp³-hybridized carbons (Fsp3) is 0.296. The Hall–Kier alpha value is -3.03. The number of aromatic nitrogens is 1. The van der Waals surface area contributed by atoms with Gasteiger partial charge in [0.25, 0.3) is 11.8 Å². The molecule has 6 rings (SSSR count). The summed E-state index contributed by atoms with van der Waals surface area (Å²) in [5, 5.41) is 5.09. The second-order valence-corrected chi connectivity index (χ2v) is 11.6. The Labute approximate surface area is 206 Å². The summed E-state index contributed by atoms with van der Waals surface area (Å²) in [5.74, 6) is 0.919. The highest BCUT2D eigenvalue weighted by molar-refractivity contribution is 7.20. The molecule has 0 spiro atoms. The number of aryl methyl sites for hydroxylation is 2. The molecule has 2 aliphatic rings. The summed E-state index contributed by atoms with van der Waals surface area (Å²) in [7, 11) is 0. The molecule has 1 aliphatic heterocycles. The van der Waals surface area contributed by atoms with E-state index in [2.05, 4.69) is 29.4 Å². The number of thiazole rings is 1. The zero-order valence-corrected chi connectivity index (χ0v) is 20.7. The van der Waals surface area contributed by atoms with E-state index in [1.54, 1.807) is 11.3 Å². The van der Waals surface area contributed by atoms with Gasteiger partial charge in [0.05, 0.1) is 20.8 Å². The van der Waals surface area contributed by atoms with E-state index in [4.69, 9.17) is 0 Å². The Morgan fingerprint density at radius 3 is 2.76 bits per heavy atom. The van der Waals surface area contributed by atoms with Gasteiger partial charge in [0, 0.05) is 17.8 Å². The van der Waals surface area contributed by atoms with Crippen LogP contribution in [0.15, 0.2) is 54.6 Å². The van der Waals surface area contributed by atoms with Gasteiger partial charge in [0.2, 0.25) is 0 Å². The third-order valence-electron chi connectivity index (χ3n) is 6.90. The average molecular weight is 488 g/mol. The highest BCUT2D eigenvalue weighted by atomic mass is 32.1. The summed E-state index contributed by atoms with van der Waals surface area (Å²) in [6.07, 6.45) is 1.13. The van der Waals surface area contributed by atoms with Crippen molar-refractivity contribution in [3.63, 3.8) is 0 Å². The van der Waals surface area contributed by atoms with E-state index >= 15 is 0 Å². The van der Waals surface area contributed by atoms with Crippen molar-refractivity contribution in [2.45, 2.75) is 26.3 Å². The number of piperidine rings is 1. The Kier molecular flexibility index (Phi) is 5.26. The molecule has 1 N–H and O–H groups in total. The molecule has 1 saturated carbocycles. The molecule has 5 nitrogen and oxygen atoms in total. The Bertz CT molecular complexity index is 1390. The summed E-state index contributed by atoms with van der Waals surface area (Å²) < 4.78 is 1.11. The summed E-state index contributed by atoms with van der Waals surface area (Å²) >= 11 is 3.07. The quantitative estimate of drug-likeness (QED) is 0.402. The van der Waals surface area contributed by atoms with Crippen LogP contribution < -0.4 is 5.32 Å². The zero-order valence-electron chi connectivity index (χ0n) is 19.1. The highest BCUT2D eigenvalue weighted by Crippen LogP contribution is 2.50. The molecule has 3 atom stereocenters. The predicted molar refractivity (Wildman–Crippen MR) is 138 cm³/mol. The SMILES string of the molecule is Cc1cccc(-c2sc(C)nc2C(=O)N2C[C@H]3C[C@H]3[C@H]2CNC(=O)c2cc3ccccc3s2)c1. The van der Waals surface area contributed by atoms with Crippen LogP contribution in [-0.4, -0.2) is 40.8 Å². The Morgan fingerprint density at radius 2 is 1.94 bits per heavy atom. The van der Waals surface area contributed by atoms with Crippen LogP contribution in [0.4, 0.5) is 0 Å². The minimum atomic E-state index is -0.0670. The van der Waals surface area contributed by atoms with Crippen molar-refractivity contribution in [2.24, 2.45) is 11.8 Å². The topological polar surface area (TPSA) is 62.3 Å². The third kappa shape index (κ3) is 3.83. The maximum absolute atomic E-state index is 13.7. The number of carbonyl (C=O) groups excluding carboxylic acids is 2. The first-order chi connectivity index (χ1) is 16.5. The summed E-state index contributed by atoms with van der Waals surface area (Å²) in [4.78, 5) is 34.8. The molecule has 2 fully saturated rings. The van der Waals surface area contributed by atoms with Gasteiger partial charge >= 0.3 is 0 Å². The van der Waals surface area contributed by atoms with Gasteiger partial charge in [-0.1, -0.05) is 48.0 Å². The van der Waals surface area contributed by atoms with Gasteiger partial charge in [0.1, 0.15) is 5.69 Å². The molecular formula is C27H25N3O2S2. The number of thiophene rings is 1. The molecular weight excluding hydrogens is 462 g/mol. The Morgan fingerprint density at radius 1 is 1.09 bits per heavy atom. The Balaban J connectivity index is 1.22. The lowest BCUT2D eigenvalue weighted by Crippen LogP contribution is -2.45. The average Bonchev–Trinajstić information content (AvgIpc) is 3.17. The number of benzene rings is 2. The normalized spacial score (nSPS) is 21.0. The monoisotopic (exact) mass is 487 g/mol. The van der Waals surface area contributed by atoms with E-state index in [-0.39, 0.29) is 17.9 Å². The van der Waals surface area contributed by atoms with Crippen molar-refractivity contribution in [1.29, 1.82) is 0 Å². The second-order valence-electron chi connectivity index (χ2n) is 9.32. The summed E-state index contributed by atoms with van der Waals surface area (Å²) in [6, 6.07) is 18.2. The summed E-state index contributed by atoms with van der Waals surface area (Å²) in [6.45, 7) is 5.23. The van der Waals surface area contributed by atoms with Crippen molar-refractivity contribution in [2.75, 3.05) is 13.1 Å². The van der Waals surface area contributed by atoms with E-state index in [1.807, 2.05) is 54.3 Å². The van der Waals surface area contributed by atoms with Gasteiger partial charge in [-0.25, -0.2) is 4.98 Å². The van der Waals surface area contributed by atoms with Gasteiger partial charge in [-0.3, -0.25) is 9.59 Å². The zero-order chi connectivity index (χ0) is 23.4. The first-order valence-electron chi connectivity index (χ1n) is 11.6. The lowest BCUT2D eigenvalue weighted by Gasteiger charge is -2.27. The molecule has 0 unspecified atom stereocenters. The number of carbonyl (C=O) groups is 2. The number of nitrogens with zero attached hydrogens (tertiary/aromatic N) is 2. The molecule has 4 aromatic rings. The number of hydrogen-bond donors (Lipinski definition) is 1. The molecule has 1 saturated heterocycles. The lowest BCUT2D eigenvalue weighted by molar-refractivity contribution is 0.0691. The standard InChI is InChI=1S/C27H25N3O2S2/c1-15-6-5-8-18(10-15)25-24(29-16(2)33-25)27(32)30-14-19-11-20(19)21(30)13-28-26(31)23-12-17-7-3-4-9-22(17)34-23/h3-10,12,19-21H,11,13-14H2,1-2H3,(H,28,31)/t19-,20-,21-/m1/s1. The van der Waals surface area contributed by atoms with Crippen LogP contribution in [0.3, 0.4) is 0 Å². The molecule has 2 amide bonds. The molecule has 1 aliphatic carbocycles. The number of likely N-dealkylation sites (tertiary alicyclic amines) is 1. The van der Waals surface area contributed by atoms with Crippen molar-refractivity contribution >= 4 is 44.6 Å². The number of fused-ring (bicyclic) bond motifs is 2. The molecule has 34 heavy (non-hydrogen) atoms. The smallest absolute Gasteiger partial charge is 0.274 e. The molecule has 0 bridgehead atoms. The van der Waals surface area contributed by atoms with Crippen molar-refractivity contribution < 1.29 is 9.59 Å². The third-order valence-corrected chi connectivity index (χ3v) is 9.04. The van der Waals surface area contributed by atoms with Gasteiger partial charge < -0.3 is 10.2 Å². The van der Waals surface area contributed by atoms with Crippen LogP contribution in [0.1, 0.15) is 37.2 Å². The van der Waals surface area contributed by atoms with E-state index < -0.39 is 0 Å². The van der Waals surface area contributed by atoms with Crippen LogP contribution in [0, 0.1) is 25.7 Å². The second kappa shape index (κ2) is 8.32. The maximum atomic E-state index is 13.7. The fourth-order valence-corrected chi connectivity index (χ4v) is 7.02. The maximum Gasteiger partial charge on any atom is 0.274 e. The predicted octanol–water partition coefficient (Wildman–Crippen LogP) is 5.53. The number of hydrogen-bond acceptors (Lipinski definition) is 5. The van der Waals surface area contributed by atoms with E-state index in [9.17, 15) is 9.59 Å². The number of amides is 2. The number of nitrogens with one attached hydrogen (secondary N) is 1. The van der Waals surface area contributed by atoms with Crippen molar-refractivity contribution in [3.05, 3.63) is 75.7 Å². The molecule has 2 aromatic heterocycles. The van der Waals surface area contributed by atoms with E-state index in [0.717, 1.165) is 44.1 Å². The van der Waals surface area contributed by atoms with Gasteiger partial charge in [-0.2, -0.15) is 0 Å². The number of rotatable bonds is 5. The fourth-order valence-electron chi connectivity index (χ4n) is 5.13. The first-order valence-corrected chi connectivity index (χ1v) is 13.2. The first kappa shape index (κ1) is 21.5. The molecule has 3 heterocycles. The van der Waals surface area contributed by atoms with Crippen molar-refractivity contribution in [1.82, 2.24) is 15.2 Å². The van der Waals surface area contributed by atoms with Gasteiger partial charge in [0.15, 0.2) is 0 Å². The van der Waals surface area contributed by atoms with Crippen LogP contribution in [0.5, 0.6) is 0 Å². The molecule has 7 heteroatoms. The van der Waals surface area contributed by atoms with Gasteiger partial charge in [-0.15, -0.1) is 22.7 Å². The molecule has 2 aromatic carbocycles. The van der Waals surface area contributed by atoms with Crippen LogP contribution in [0.2, 0.25) is 0 Å². The van der Waals surface area contributed by atoms with Crippen LogP contribution >= 0.6 is 22.7 Å². The minimum Gasteiger partial charge on any atom is -0.349 e. The molecule has 172 valence electrons. The lowest BCUT2D eigenvalue weighted by atomic mass is 10.1. The summed E-state index contributed by atoms with van der Waals surface area (Å²) in [5.41, 5.74) is 2.73. The van der Waals surface area contributed by atoms with E-state index in [1.165, 1.54) is 11.3 Å². The minimum absolute atomic E-state index is 0.0168. The van der Waals surface area contributed by atoms with Crippen molar-refractivity contribution in [3.8, 4) is 10.4 Å².